The number of para-hydroxylation sites is 1. The second-order valence-corrected chi connectivity index (χ2v) is 4.39. The van der Waals surface area contributed by atoms with E-state index in [1.807, 2.05) is 18.2 Å². The van der Waals surface area contributed by atoms with Crippen LogP contribution < -0.4 is 5.32 Å². The number of aliphatic hydroxyl groups is 1. The fourth-order valence-electron chi connectivity index (χ4n) is 1.91. The molecule has 1 aromatic carbocycles. The maximum atomic E-state index is 12.0. The van der Waals surface area contributed by atoms with Crippen molar-refractivity contribution in [2.75, 3.05) is 6.54 Å². The molecule has 0 saturated heterocycles. The molecule has 0 radical (unpaired) electrons. The van der Waals surface area contributed by atoms with Crippen LogP contribution in [0.3, 0.4) is 0 Å². The molecule has 0 saturated carbocycles. The lowest BCUT2D eigenvalue weighted by atomic mass is 10.2. The van der Waals surface area contributed by atoms with Crippen molar-refractivity contribution >= 4 is 22.8 Å². The number of aryl methyl sites for hydroxylation is 1. The van der Waals surface area contributed by atoms with Gasteiger partial charge in [0.25, 0.3) is 5.91 Å². The quantitative estimate of drug-likeness (QED) is 0.721. The largest absolute Gasteiger partial charge is 0.479 e. The lowest BCUT2D eigenvalue weighted by Crippen LogP contribution is -2.30. The number of aliphatic hydroxyl groups excluding tert-OH is 1. The second-order valence-electron chi connectivity index (χ2n) is 4.39. The Balaban J connectivity index is 2.07. The number of aliphatic carboxylic acids is 1. The van der Waals surface area contributed by atoms with Crippen LogP contribution >= 0.6 is 0 Å². The van der Waals surface area contributed by atoms with Crippen LogP contribution in [0.25, 0.3) is 10.9 Å². The third kappa shape index (κ3) is 2.77. The first kappa shape index (κ1) is 14.0. The summed E-state index contributed by atoms with van der Waals surface area (Å²) in [5.74, 6) is -1.69. The third-order valence-corrected chi connectivity index (χ3v) is 2.96. The number of rotatable bonds is 5. The van der Waals surface area contributed by atoms with Gasteiger partial charge in [-0.1, -0.05) is 18.2 Å². The van der Waals surface area contributed by atoms with Gasteiger partial charge in [-0.05, 0) is 6.07 Å². The number of nitrogens with one attached hydrogen (secondary N) is 1. The summed E-state index contributed by atoms with van der Waals surface area (Å²) < 4.78 is 1.61. The molecule has 0 fully saturated rings. The van der Waals surface area contributed by atoms with E-state index in [2.05, 4.69) is 10.4 Å². The van der Waals surface area contributed by atoms with Gasteiger partial charge in [-0.3, -0.25) is 9.48 Å². The van der Waals surface area contributed by atoms with E-state index in [0.29, 0.717) is 0 Å². The second kappa shape index (κ2) is 5.70. The van der Waals surface area contributed by atoms with Crippen molar-refractivity contribution in [2.24, 2.45) is 7.05 Å². The molecule has 106 valence electrons. The number of hydrogen-bond donors (Lipinski definition) is 3. The Bertz CT molecular complexity index is 650. The van der Waals surface area contributed by atoms with E-state index in [1.165, 1.54) is 0 Å². The zero-order valence-corrected chi connectivity index (χ0v) is 10.9. The maximum absolute atomic E-state index is 12.0. The van der Waals surface area contributed by atoms with E-state index in [1.54, 1.807) is 17.8 Å². The van der Waals surface area contributed by atoms with Crippen molar-refractivity contribution in [3.63, 3.8) is 0 Å². The molecule has 0 aliphatic rings. The fraction of sp³-hybridized carbons (Fsp3) is 0.308. The summed E-state index contributed by atoms with van der Waals surface area (Å²) in [6, 6.07) is 7.32. The summed E-state index contributed by atoms with van der Waals surface area (Å²) in [5.41, 5.74) is 1.12. The monoisotopic (exact) mass is 277 g/mol. The molecule has 0 unspecified atom stereocenters. The number of hydrogen-bond acceptors (Lipinski definition) is 4. The Hall–Kier alpha value is -2.41. The number of benzene rings is 1. The van der Waals surface area contributed by atoms with E-state index in [-0.39, 0.29) is 24.6 Å². The van der Waals surface area contributed by atoms with E-state index < -0.39 is 12.1 Å². The van der Waals surface area contributed by atoms with Crippen LogP contribution in [0.15, 0.2) is 24.3 Å². The molecule has 7 heteroatoms. The van der Waals surface area contributed by atoms with Crippen LogP contribution in [-0.2, 0) is 11.8 Å². The normalized spacial score (nSPS) is 12.3. The number of fused-ring (bicyclic) bond motifs is 1. The minimum Gasteiger partial charge on any atom is -0.479 e. The van der Waals surface area contributed by atoms with Gasteiger partial charge in [0.2, 0.25) is 0 Å². The summed E-state index contributed by atoms with van der Waals surface area (Å²) in [6.45, 7) is 0.0667. The Kier molecular flexibility index (Phi) is 3.99. The topological polar surface area (TPSA) is 104 Å². The highest BCUT2D eigenvalue weighted by Crippen LogP contribution is 2.17. The van der Waals surface area contributed by atoms with Crippen molar-refractivity contribution in [2.45, 2.75) is 12.5 Å². The average molecular weight is 277 g/mol. The van der Waals surface area contributed by atoms with E-state index in [0.717, 1.165) is 10.9 Å². The molecule has 7 nitrogen and oxygen atoms in total. The number of nitrogens with zero attached hydrogens (tertiary/aromatic N) is 2. The standard InChI is InChI=1S/C13H15N3O4/c1-16-9-5-3-2-4-8(9)11(15-16)12(18)14-7-6-10(17)13(19)20/h2-5,10,17H,6-7H2,1H3,(H,14,18)(H,19,20)/t10-/m0/s1. The van der Waals surface area contributed by atoms with Gasteiger partial charge in [-0.15, -0.1) is 0 Å². The molecule has 0 bridgehead atoms. The SMILES string of the molecule is Cn1nc(C(=O)NCC[C@H](O)C(=O)O)c2ccccc21. The minimum absolute atomic E-state index is 0.0498. The highest BCUT2D eigenvalue weighted by Gasteiger charge is 2.17. The van der Waals surface area contributed by atoms with Gasteiger partial charge >= 0.3 is 5.97 Å². The van der Waals surface area contributed by atoms with Gasteiger partial charge < -0.3 is 15.5 Å². The van der Waals surface area contributed by atoms with Crippen LogP contribution in [0.5, 0.6) is 0 Å². The van der Waals surface area contributed by atoms with Crippen LogP contribution in [0.4, 0.5) is 0 Å². The highest BCUT2D eigenvalue weighted by atomic mass is 16.4. The van der Waals surface area contributed by atoms with Gasteiger partial charge in [0, 0.05) is 25.4 Å². The van der Waals surface area contributed by atoms with Gasteiger partial charge in [0.05, 0.1) is 5.52 Å². The average Bonchev–Trinajstić information content (AvgIpc) is 2.76. The van der Waals surface area contributed by atoms with Crippen molar-refractivity contribution in [1.29, 1.82) is 0 Å². The predicted molar refractivity (Wildman–Crippen MR) is 71.3 cm³/mol. The molecule has 0 aliphatic carbocycles. The van der Waals surface area contributed by atoms with Gasteiger partial charge in [-0.25, -0.2) is 4.79 Å². The molecule has 0 spiro atoms. The number of carboxylic acids is 1. The van der Waals surface area contributed by atoms with Crippen molar-refractivity contribution in [3.05, 3.63) is 30.0 Å². The lowest BCUT2D eigenvalue weighted by Gasteiger charge is -2.06. The van der Waals surface area contributed by atoms with Crippen molar-refractivity contribution in [3.8, 4) is 0 Å². The zero-order chi connectivity index (χ0) is 14.7. The summed E-state index contributed by atoms with van der Waals surface area (Å²) >= 11 is 0. The fourth-order valence-corrected chi connectivity index (χ4v) is 1.91. The molecule has 1 aromatic heterocycles. The molecule has 0 aliphatic heterocycles. The van der Waals surface area contributed by atoms with Crippen LogP contribution in [-0.4, -0.2) is 44.5 Å². The number of aromatic nitrogens is 2. The summed E-state index contributed by atoms with van der Waals surface area (Å²) in [7, 11) is 1.74. The third-order valence-electron chi connectivity index (χ3n) is 2.96. The van der Waals surface area contributed by atoms with Gasteiger partial charge in [-0.2, -0.15) is 5.10 Å². The first-order chi connectivity index (χ1) is 9.50. The van der Waals surface area contributed by atoms with Crippen molar-refractivity contribution < 1.29 is 19.8 Å². The predicted octanol–water partition coefficient (Wildman–Crippen LogP) is 0.139. The number of carbonyl (C=O) groups excluding carboxylic acids is 1. The zero-order valence-electron chi connectivity index (χ0n) is 10.9. The molecular weight excluding hydrogens is 262 g/mol. The summed E-state index contributed by atoms with van der Waals surface area (Å²) in [4.78, 5) is 22.5. The molecule has 20 heavy (non-hydrogen) atoms. The molecule has 2 aromatic rings. The molecule has 3 N–H and O–H groups in total. The van der Waals surface area contributed by atoms with E-state index in [4.69, 9.17) is 10.2 Å². The molecule has 1 atom stereocenters. The molecular formula is C13H15N3O4. The van der Waals surface area contributed by atoms with Crippen LogP contribution in [0, 0.1) is 0 Å². The summed E-state index contributed by atoms with van der Waals surface area (Å²) in [6.07, 6.45) is -1.53. The van der Waals surface area contributed by atoms with Gasteiger partial charge in [0.15, 0.2) is 11.8 Å². The first-order valence-electron chi connectivity index (χ1n) is 6.11. The maximum Gasteiger partial charge on any atom is 0.332 e. The Morgan fingerprint density at radius 2 is 2.10 bits per heavy atom. The molecule has 1 amide bonds. The van der Waals surface area contributed by atoms with Crippen LogP contribution in [0.1, 0.15) is 16.9 Å². The van der Waals surface area contributed by atoms with Crippen molar-refractivity contribution in [1.82, 2.24) is 15.1 Å². The Morgan fingerprint density at radius 1 is 1.40 bits per heavy atom. The molecule has 2 rings (SSSR count). The van der Waals surface area contributed by atoms with Crippen LogP contribution in [0.2, 0.25) is 0 Å². The van der Waals surface area contributed by atoms with Gasteiger partial charge in [0.1, 0.15) is 0 Å². The highest BCUT2D eigenvalue weighted by molar-refractivity contribution is 6.04. The smallest absolute Gasteiger partial charge is 0.332 e. The minimum atomic E-state index is -1.48. The number of carboxylic acid groups (broad SMARTS) is 1. The first-order valence-corrected chi connectivity index (χ1v) is 6.11. The molecule has 1 heterocycles. The van der Waals surface area contributed by atoms with E-state index in [9.17, 15) is 9.59 Å². The number of carbonyl (C=O) groups is 2. The lowest BCUT2D eigenvalue weighted by molar-refractivity contribution is -0.146. The Labute approximate surface area is 114 Å². The number of amides is 1. The Morgan fingerprint density at radius 3 is 2.80 bits per heavy atom. The summed E-state index contributed by atoms with van der Waals surface area (Å²) in [5, 5.41) is 25.1. The van der Waals surface area contributed by atoms with E-state index >= 15 is 0 Å².